The van der Waals surface area contributed by atoms with Gasteiger partial charge in [0.15, 0.2) is 11.6 Å². The Bertz CT molecular complexity index is 479. The second-order valence-electron chi connectivity index (χ2n) is 4.34. The van der Waals surface area contributed by atoms with E-state index >= 15 is 0 Å². The molecule has 1 aliphatic rings. The number of likely N-dealkylation sites (N-methyl/N-ethyl adjacent to an activating group) is 1. The highest BCUT2D eigenvalue weighted by molar-refractivity contribution is 5.83. The Morgan fingerprint density at radius 1 is 1.28 bits per heavy atom. The summed E-state index contributed by atoms with van der Waals surface area (Å²) in [7, 11) is 1.68. The summed E-state index contributed by atoms with van der Waals surface area (Å²) >= 11 is 0. The van der Waals surface area contributed by atoms with Crippen molar-refractivity contribution in [2.45, 2.75) is 19.0 Å². The van der Waals surface area contributed by atoms with E-state index in [-0.39, 0.29) is 24.1 Å². The van der Waals surface area contributed by atoms with E-state index in [0.29, 0.717) is 19.0 Å². The lowest BCUT2D eigenvalue weighted by Crippen LogP contribution is -2.36. The number of carbonyl (C=O) groups is 1. The summed E-state index contributed by atoms with van der Waals surface area (Å²) in [6.07, 6.45) is 0.626. The maximum absolute atomic E-state index is 13.3. The molecule has 0 radical (unpaired) electrons. The lowest BCUT2D eigenvalue weighted by Gasteiger charge is -2.12. The summed E-state index contributed by atoms with van der Waals surface area (Å²) in [6.45, 7) is 0.629. The zero-order valence-electron chi connectivity index (χ0n) is 9.84. The minimum atomic E-state index is -1.21. The topological polar surface area (TPSA) is 32.3 Å². The average molecular weight is 258 g/mol. The summed E-state index contributed by atoms with van der Waals surface area (Å²) in [4.78, 5) is 13.1. The van der Waals surface area contributed by atoms with Gasteiger partial charge in [0.2, 0.25) is 5.91 Å². The summed E-state index contributed by atoms with van der Waals surface area (Å²) in [5.41, 5.74) is 0.0104. The van der Waals surface area contributed by atoms with Crippen LogP contribution < -0.4 is 5.32 Å². The van der Waals surface area contributed by atoms with Crippen molar-refractivity contribution in [3.8, 4) is 0 Å². The van der Waals surface area contributed by atoms with Crippen molar-refractivity contribution in [3.05, 3.63) is 35.1 Å². The van der Waals surface area contributed by atoms with Crippen molar-refractivity contribution in [3.63, 3.8) is 0 Å². The molecule has 1 fully saturated rings. The van der Waals surface area contributed by atoms with Crippen molar-refractivity contribution in [1.29, 1.82) is 0 Å². The third kappa shape index (κ3) is 2.48. The standard InChI is InChI=1S/C12H13F3N2O/c1-17-3-2-11(12(17)18)16-6-7-4-9(14)10(15)5-8(7)13/h4-5,11,16H,2-3,6H2,1H3. The Balaban J connectivity index is 2.03. The highest BCUT2D eigenvalue weighted by Gasteiger charge is 2.28. The minimum Gasteiger partial charge on any atom is -0.344 e. The van der Waals surface area contributed by atoms with Crippen LogP contribution in [0.15, 0.2) is 12.1 Å². The number of halogens is 3. The maximum Gasteiger partial charge on any atom is 0.239 e. The van der Waals surface area contributed by atoms with Crippen molar-refractivity contribution in [2.24, 2.45) is 0 Å². The number of amides is 1. The van der Waals surface area contributed by atoms with Gasteiger partial charge in [0.1, 0.15) is 5.82 Å². The first-order valence-corrected chi connectivity index (χ1v) is 5.61. The summed E-state index contributed by atoms with van der Waals surface area (Å²) in [5.74, 6) is -3.20. The second-order valence-corrected chi connectivity index (χ2v) is 4.34. The molecular formula is C12H13F3N2O. The van der Waals surface area contributed by atoms with Gasteiger partial charge >= 0.3 is 0 Å². The van der Waals surface area contributed by atoms with Crippen LogP contribution >= 0.6 is 0 Å². The van der Waals surface area contributed by atoms with Gasteiger partial charge in [0.05, 0.1) is 6.04 Å². The third-order valence-corrected chi connectivity index (χ3v) is 3.06. The van der Waals surface area contributed by atoms with Crippen molar-refractivity contribution in [2.75, 3.05) is 13.6 Å². The van der Waals surface area contributed by atoms with Gasteiger partial charge in [-0.25, -0.2) is 13.2 Å². The van der Waals surface area contributed by atoms with Crippen LogP contribution in [-0.2, 0) is 11.3 Å². The number of carbonyl (C=O) groups excluding carboxylic acids is 1. The zero-order chi connectivity index (χ0) is 13.3. The molecule has 1 amide bonds. The average Bonchev–Trinajstić information content (AvgIpc) is 2.63. The van der Waals surface area contributed by atoms with Crippen molar-refractivity contribution < 1.29 is 18.0 Å². The lowest BCUT2D eigenvalue weighted by molar-refractivity contribution is -0.128. The smallest absolute Gasteiger partial charge is 0.239 e. The molecule has 18 heavy (non-hydrogen) atoms. The summed E-state index contributed by atoms with van der Waals surface area (Å²) in [5, 5.41) is 2.85. The van der Waals surface area contributed by atoms with Crippen LogP contribution in [0, 0.1) is 17.5 Å². The number of hydrogen-bond acceptors (Lipinski definition) is 2. The van der Waals surface area contributed by atoms with E-state index in [2.05, 4.69) is 5.32 Å². The van der Waals surface area contributed by atoms with Crippen LogP contribution in [-0.4, -0.2) is 30.4 Å². The first-order valence-electron chi connectivity index (χ1n) is 5.61. The normalized spacial score (nSPS) is 19.7. The van der Waals surface area contributed by atoms with Crippen LogP contribution in [0.5, 0.6) is 0 Å². The van der Waals surface area contributed by atoms with Gasteiger partial charge in [-0.05, 0) is 12.5 Å². The molecule has 1 saturated heterocycles. The van der Waals surface area contributed by atoms with Crippen LogP contribution in [0.2, 0.25) is 0 Å². The molecule has 1 unspecified atom stereocenters. The summed E-state index contributed by atoms with van der Waals surface area (Å²) < 4.78 is 39.0. The number of hydrogen-bond donors (Lipinski definition) is 1. The molecule has 0 saturated carbocycles. The molecule has 0 aliphatic carbocycles. The Hall–Kier alpha value is -1.56. The molecule has 0 bridgehead atoms. The van der Waals surface area contributed by atoms with E-state index in [0.717, 1.165) is 6.07 Å². The van der Waals surface area contributed by atoms with Gasteiger partial charge in [0.25, 0.3) is 0 Å². The molecule has 1 aromatic carbocycles. The predicted octanol–water partition coefficient (Wildman–Crippen LogP) is 1.42. The van der Waals surface area contributed by atoms with Gasteiger partial charge in [0, 0.05) is 31.8 Å². The maximum atomic E-state index is 13.3. The fraction of sp³-hybridized carbons (Fsp3) is 0.417. The molecule has 1 atom stereocenters. The molecular weight excluding hydrogens is 245 g/mol. The highest BCUT2D eigenvalue weighted by atomic mass is 19.2. The lowest BCUT2D eigenvalue weighted by atomic mass is 10.1. The van der Waals surface area contributed by atoms with Crippen LogP contribution in [0.4, 0.5) is 13.2 Å². The second kappa shape index (κ2) is 4.97. The number of nitrogens with one attached hydrogen (secondary N) is 1. The Kier molecular flexibility index (Phi) is 3.56. The quantitative estimate of drug-likeness (QED) is 0.832. The summed E-state index contributed by atoms with van der Waals surface area (Å²) in [6, 6.07) is 0.929. The molecule has 1 aliphatic heterocycles. The van der Waals surface area contributed by atoms with E-state index in [1.54, 1.807) is 11.9 Å². The molecule has 1 heterocycles. The van der Waals surface area contributed by atoms with Gasteiger partial charge < -0.3 is 10.2 Å². The Labute approximate surface area is 103 Å². The zero-order valence-corrected chi connectivity index (χ0v) is 9.84. The fourth-order valence-corrected chi connectivity index (χ4v) is 1.94. The number of rotatable bonds is 3. The molecule has 1 N–H and O–H groups in total. The molecule has 3 nitrogen and oxygen atoms in total. The molecule has 0 spiro atoms. The molecule has 0 aromatic heterocycles. The first kappa shape index (κ1) is 12.9. The van der Waals surface area contributed by atoms with E-state index < -0.39 is 17.5 Å². The van der Waals surface area contributed by atoms with Gasteiger partial charge in [-0.1, -0.05) is 0 Å². The van der Waals surface area contributed by atoms with E-state index in [1.807, 2.05) is 0 Å². The Morgan fingerprint density at radius 3 is 2.56 bits per heavy atom. The van der Waals surface area contributed by atoms with Crippen molar-refractivity contribution >= 4 is 5.91 Å². The van der Waals surface area contributed by atoms with Gasteiger partial charge in [-0.2, -0.15) is 0 Å². The highest BCUT2D eigenvalue weighted by Crippen LogP contribution is 2.15. The SMILES string of the molecule is CN1CCC(NCc2cc(F)c(F)cc2F)C1=O. The largest absolute Gasteiger partial charge is 0.344 e. The molecule has 98 valence electrons. The van der Waals surface area contributed by atoms with Crippen LogP contribution in [0.25, 0.3) is 0 Å². The monoisotopic (exact) mass is 258 g/mol. The molecule has 6 heteroatoms. The van der Waals surface area contributed by atoms with Crippen LogP contribution in [0.3, 0.4) is 0 Å². The predicted molar refractivity (Wildman–Crippen MR) is 59.2 cm³/mol. The first-order chi connectivity index (χ1) is 8.49. The third-order valence-electron chi connectivity index (χ3n) is 3.06. The van der Waals surface area contributed by atoms with Crippen molar-refractivity contribution in [1.82, 2.24) is 10.2 Å². The minimum absolute atomic E-state index is 0.00667. The Morgan fingerprint density at radius 2 is 1.94 bits per heavy atom. The van der Waals surface area contributed by atoms with Gasteiger partial charge in [-0.3, -0.25) is 4.79 Å². The number of benzene rings is 1. The molecule has 1 aromatic rings. The van der Waals surface area contributed by atoms with E-state index in [9.17, 15) is 18.0 Å². The van der Waals surface area contributed by atoms with Crippen LogP contribution in [0.1, 0.15) is 12.0 Å². The number of nitrogens with zero attached hydrogens (tertiary/aromatic N) is 1. The number of likely N-dealkylation sites (tertiary alicyclic amines) is 1. The van der Waals surface area contributed by atoms with Gasteiger partial charge in [-0.15, -0.1) is 0 Å². The fourth-order valence-electron chi connectivity index (χ4n) is 1.94. The van der Waals surface area contributed by atoms with E-state index in [1.165, 1.54) is 0 Å². The van der Waals surface area contributed by atoms with E-state index in [4.69, 9.17) is 0 Å². The molecule has 2 rings (SSSR count).